The van der Waals surface area contributed by atoms with Gasteiger partial charge in [-0.05, 0) is 6.92 Å². The molecular weight excluding hydrogens is 202 g/mol. The van der Waals surface area contributed by atoms with Crippen LogP contribution in [0.4, 0.5) is 5.13 Å². The molecule has 0 bridgehead atoms. The molecular formula is C8H9N3S2. The van der Waals surface area contributed by atoms with E-state index >= 15 is 0 Å². The second kappa shape index (κ2) is 3.43. The van der Waals surface area contributed by atoms with Gasteiger partial charge >= 0.3 is 0 Å². The summed E-state index contributed by atoms with van der Waals surface area (Å²) in [5.41, 5.74) is 1.93. The minimum absolute atomic E-state index is 0.931. The van der Waals surface area contributed by atoms with Crippen molar-refractivity contribution in [3.05, 3.63) is 15.8 Å². The van der Waals surface area contributed by atoms with E-state index in [0.717, 1.165) is 21.5 Å². The van der Waals surface area contributed by atoms with Gasteiger partial charge in [0.05, 0.1) is 5.01 Å². The van der Waals surface area contributed by atoms with Crippen LogP contribution in [-0.4, -0.2) is 17.0 Å². The molecule has 1 N–H and O–H groups in total. The standard InChI is InChI=1S/C8H9N3S2/c1-5-10-6(3-12-5)7-4-13-8(9-2)11-7/h3-4H,1-2H3,(H,9,11). The van der Waals surface area contributed by atoms with Crippen molar-refractivity contribution in [1.29, 1.82) is 0 Å². The van der Waals surface area contributed by atoms with Gasteiger partial charge in [0.25, 0.3) is 0 Å². The molecule has 0 spiro atoms. The fraction of sp³-hybridized carbons (Fsp3) is 0.250. The summed E-state index contributed by atoms with van der Waals surface area (Å²) in [5.74, 6) is 0. The Hall–Kier alpha value is -0.940. The average Bonchev–Trinajstić information content (AvgIpc) is 2.71. The number of nitrogens with one attached hydrogen (secondary N) is 1. The molecule has 0 aliphatic carbocycles. The summed E-state index contributed by atoms with van der Waals surface area (Å²) in [4.78, 5) is 8.73. The normalized spacial score (nSPS) is 10.3. The Kier molecular flexibility index (Phi) is 2.28. The zero-order valence-electron chi connectivity index (χ0n) is 7.37. The molecule has 0 saturated carbocycles. The van der Waals surface area contributed by atoms with Gasteiger partial charge in [0.2, 0.25) is 0 Å². The number of thiazole rings is 2. The SMILES string of the molecule is CNc1nc(-c2csc(C)n2)cs1. The van der Waals surface area contributed by atoms with Gasteiger partial charge in [-0.25, -0.2) is 9.97 Å². The van der Waals surface area contributed by atoms with E-state index in [0.29, 0.717) is 0 Å². The maximum atomic E-state index is 4.36. The summed E-state index contributed by atoms with van der Waals surface area (Å²) < 4.78 is 0. The molecule has 0 unspecified atom stereocenters. The lowest BCUT2D eigenvalue weighted by atomic mass is 10.4. The number of rotatable bonds is 2. The molecule has 2 rings (SSSR count). The highest BCUT2D eigenvalue weighted by Crippen LogP contribution is 2.25. The highest BCUT2D eigenvalue weighted by Gasteiger charge is 2.05. The molecule has 0 aliphatic rings. The molecule has 2 heterocycles. The molecule has 13 heavy (non-hydrogen) atoms. The maximum absolute atomic E-state index is 4.36. The molecule has 0 aliphatic heterocycles. The quantitative estimate of drug-likeness (QED) is 0.829. The molecule has 2 aromatic rings. The number of aryl methyl sites for hydroxylation is 1. The Morgan fingerprint density at radius 3 is 2.38 bits per heavy atom. The number of anilines is 1. The summed E-state index contributed by atoms with van der Waals surface area (Å²) in [7, 11) is 1.87. The first-order valence-corrected chi connectivity index (χ1v) is 5.61. The Morgan fingerprint density at radius 2 is 1.85 bits per heavy atom. The van der Waals surface area contributed by atoms with E-state index in [2.05, 4.69) is 15.3 Å². The van der Waals surface area contributed by atoms with Crippen molar-refractivity contribution in [2.24, 2.45) is 0 Å². The third-order valence-corrected chi connectivity index (χ3v) is 3.23. The lowest BCUT2D eigenvalue weighted by molar-refractivity contribution is 1.26. The van der Waals surface area contributed by atoms with Crippen LogP contribution in [0, 0.1) is 6.92 Å². The van der Waals surface area contributed by atoms with E-state index in [1.165, 1.54) is 0 Å². The number of hydrogen-bond donors (Lipinski definition) is 1. The average molecular weight is 211 g/mol. The molecule has 5 heteroatoms. The van der Waals surface area contributed by atoms with Crippen molar-refractivity contribution in [2.45, 2.75) is 6.92 Å². The van der Waals surface area contributed by atoms with E-state index in [1.807, 2.05) is 24.7 Å². The fourth-order valence-corrected chi connectivity index (χ4v) is 2.26. The first-order valence-electron chi connectivity index (χ1n) is 3.85. The zero-order chi connectivity index (χ0) is 9.26. The number of hydrogen-bond acceptors (Lipinski definition) is 5. The van der Waals surface area contributed by atoms with E-state index in [-0.39, 0.29) is 0 Å². The van der Waals surface area contributed by atoms with Crippen LogP contribution < -0.4 is 5.32 Å². The second-order valence-corrected chi connectivity index (χ2v) is 4.46. The van der Waals surface area contributed by atoms with Gasteiger partial charge < -0.3 is 5.32 Å². The minimum atomic E-state index is 0.931. The highest BCUT2D eigenvalue weighted by atomic mass is 32.1. The Bertz CT molecular complexity index is 405. The van der Waals surface area contributed by atoms with Gasteiger partial charge in [0, 0.05) is 17.8 Å². The monoisotopic (exact) mass is 211 g/mol. The lowest BCUT2D eigenvalue weighted by Crippen LogP contribution is -1.86. The van der Waals surface area contributed by atoms with Crippen LogP contribution in [0.3, 0.4) is 0 Å². The molecule has 0 radical (unpaired) electrons. The highest BCUT2D eigenvalue weighted by molar-refractivity contribution is 7.14. The first-order chi connectivity index (χ1) is 6.29. The van der Waals surface area contributed by atoms with E-state index in [9.17, 15) is 0 Å². The fourth-order valence-electron chi connectivity index (χ4n) is 0.987. The van der Waals surface area contributed by atoms with Crippen molar-refractivity contribution in [1.82, 2.24) is 9.97 Å². The van der Waals surface area contributed by atoms with Crippen LogP contribution in [0.15, 0.2) is 10.8 Å². The lowest BCUT2D eigenvalue weighted by Gasteiger charge is -1.88. The maximum Gasteiger partial charge on any atom is 0.183 e. The summed E-state index contributed by atoms with van der Waals surface area (Å²) in [6.07, 6.45) is 0. The van der Waals surface area contributed by atoms with Crippen LogP contribution in [0.1, 0.15) is 5.01 Å². The molecule has 0 atom stereocenters. The van der Waals surface area contributed by atoms with Gasteiger partial charge in [-0.15, -0.1) is 22.7 Å². The molecule has 0 fully saturated rings. The van der Waals surface area contributed by atoms with E-state index < -0.39 is 0 Å². The van der Waals surface area contributed by atoms with Crippen molar-refractivity contribution in [3.63, 3.8) is 0 Å². The minimum Gasteiger partial charge on any atom is -0.365 e. The van der Waals surface area contributed by atoms with Crippen LogP contribution >= 0.6 is 22.7 Å². The van der Waals surface area contributed by atoms with Gasteiger partial charge in [-0.1, -0.05) is 0 Å². The third-order valence-electron chi connectivity index (χ3n) is 1.60. The van der Waals surface area contributed by atoms with Crippen molar-refractivity contribution >= 4 is 27.8 Å². The Labute approximate surface area is 84.5 Å². The summed E-state index contributed by atoms with van der Waals surface area (Å²) in [6.45, 7) is 2.00. The van der Waals surface area contributed by atoms with E-state index in [1.54, 1.807) is 22.7 Å². The van der Waals surface area contributed by atoms with Crippen LogP contribution in [0.2, 0.25) is 0 Å². The topological polar surface area (TPSA) is 37.8 Å². The van der Waals surface area contributed by atoms with Crippen molar-refractivity contribution < 1.29 is 0 Å². The van der Waals surface area contributed by atoms with Gasteiger partial charge in [0.1, 0.15) is 11.4 Å². The van der Waals surface area contributed by atoms with Gasteiger partial charge in [-0.3, -0.25) is 0 Å². The third kappa shape index (κ3) is 1.71. The van der Waals surface area contributed by atoms with Crippen LogP contribution in [-0.2, 0) is 0 Å². The molecule has 2 aromatic heterocycles. The first kappa shape index (κ1) is 8.65. The van der Waals surface area contributed by atoms with Crippen LogP contribution in [0.5, 0.6) is 0 Å². The molecule has 68 valence electrons. The van der Waals surface area contributed by atoms with E-state index in [4.69, 9.17) is 0 Å². The second-order valence-electron chi connectivity index (χ2n) is 2.54. The predicted molar refractivity (Wildman–Crippen MR) is 57.5 cm³/mol. The summed E-state index contributed by atoms with van der Waals surface area (Å²) in [6, 6.07) is 0. The molecule has 0 saturated heterocycles. The van der Waals surface area contributed by atoms with Gasteiger partial charge in [-0.2, -0.15) is 0 Å². The van der Waals surface area contributed by atoms with Crippen molar-refractivity contribution in [2.75, 3.05) is 12.4 Å². The Morgan fingerprint density at radius 1 is 1.15 bits per heavy atom. The largest absolute Gasteiger partial charge is 0.365 e. The predicted octanol–water partition coefficient (Wildman–Crippen LogP) is 2.62. The van der Waals surface area contributed by atoms with Crippen LogP contribution in [0.25, 0.3) is 11.4 Å². The smallest absolute Gasteiger partial charge is 0.183 e. The Balaban J connectivity index is 2.35. The number of nitrogens with zero attached hydrogens (tertiary/aromatic N) is 2. The zero-order valence-corrected chi connectivity index (χ0v) is 9.00. The summed E-state index contributed by atoms with van der Waals surface area (Å²) >= 11 is 3.25. The number of aromatic nitrogens is 2. The van der Waals surface area contributed by atoms with Crippen molar-refractivity contribution in [3.8, 4) is 11.4 Å². The summed E-state index contributed by atoms with van der Waals surface area (Å²) in [5, 5.41) is 9.06. The molecule has 0 aromatic carbocycles. The molecule has 3 nitrogen and oxygen atoms in total. The van der Waals surface area contributed by atoms with Gasteiger partial charge in [0.15, 0.2) is 5.13 Å². The molecule has 0 amide bonds.